The van der Waals surface area contributed by atoms with Gasteiger partial charge in [-0.2, -0.15) is 6.07 Å². The van der Waals surface area contributed by atoms with E-state index in [9.17, 15) is 2.74 Å². The van der Waals surface area contributed by atoms with Crippen molar-refractivity contribution in [3.63, 3.8) is 0 Å². The molecule has 2 bridgehead atoms. The molecular formula is C61H57N4OPt-. The van der Waals surface area contributed by atoms with Crippen molar-refractivity contribution >= 4 is 44.6 Å². The van der Waals surface area contributed by atoms with Crippen LogP contribution < -0.4 is 13.7 Å². The van der Waals surface area contributed by atoms with Gasteiger partial charge in [-0.25, -0.2) is 4.98 Å². The molecule has 0 unspecified atom stereocenters. The van der Waals surface area contributed by atoms with Gasteiger partial charge in [0, 0.05) is 75.5 Å². The Morgan fingerprint density at radius 1 is 0.657 bits per heavy atom. The molecule has 0 spiro atoms. The number of aromatic nitrogens is 2. The molecular weight excluding hydrogens is 1000 g/mol. The molecule has 7 aromatic carbocycles. The van der Waals surface area contributed by atoms with Crippen LogP contribution in [-0.2, 0) is 38.3 Å². The Balaban J connectivity index is 0.00000553. The molecule has 1 saturated heterocycles. The number of pyridine rings is 1. The summed E-state index contributed by atoms with van der Waals surface area (Å²) in [4.78, 5) is 4.90. The minimum Gasteiger partial charge on any atom is -0.509 e. The topological polar surface area (TPSA) is 27.1 Å². The molecule has 0 N–H and O–H groups in total. The Morgan fingerprint density at radius 2 is 1.30 bits per heavy atom. The Labute approximate surface area is 413 Å². The van der Waals surface area contributed by atoms with Crippen molar-refractivity contribution in [1.29, 1.82) is 0 Å². The van der Waals surface area contributed by atoms with Crippen LogP contribution in [0.2, 0.25) is 0 Å². The van der Waals surface area contributed by atoms with Crippen LogP contribution in [0.3, 0.4) is 0 Å². The summed E-state index contributed by atoms with van der Waals surface area (Å²) < 4.78 is 29.4. The van der Waals surface area contributed by atoms with Crippen molar-refractivity contribution in [2.45, 2.75) is 72.6 Å². The number of hydrogen-bond donors (Lipinski definition) is 0. The Bertz CT molecular complexity index is 3360. The van der Waals surface area contributed by atoms with Crippen molar-refractivity contribution in [3.05, 3.63) is 199 Å². The molecule has 3 aliphatic rings. The molecule has 2 aromatic heterocycles. The standard InChI is InChI=1S/C61H57N4O.Pt/c1-41(2)33-44-23-17-28-56-58(44)65(59-50(42-19-11-9-12-20-42)25-18-26-51(59)43-21-13-10-14-22-43)39-64(56,40-65)47-34-46(61(6,7)8)35-49(37-47)66-48-29-30-53-52-24-15-16-27-54(52)63(55(53)38-48)57-36-45(31-32-62-57)60(3,4)5;/h9-32,34-36,39,41H,33,40H2,1-8H3;/q-1;/t64-,65-;/m1./s1/i33D2;. The van der Waals surface area contributed by atoms with E-state index in [-0.39, 0.29) is 37.8 Å². The predicted octanol–water partition coefficient (Wildman–Crippen LogP) is 16.1. The first-order chi connectivity index (χ1) is 32.5. The molecule has 6 heteroatoms. The number of rotatable bonds is 9. The summed E-state index contributed by atoms with van der Waals surface area (Å²) in [6, 6.07) is 62.9. The first kappa shape index (κ1) is 42.3. The molecule has 1 fully saturated rings. The Kier molecular flexibility index (Phi) is 10.5. The zero-order valence-corrected chi connectivity index (χ0v) is 41.7. The molecule has 67 heavy (non-hydrogen) atoms. The van der Waals surface area contributed by atoms with Gasteiger partial charge in [0.2, 0.25) is 0 Å². The molecule has 3 aliphatic heterocycles. The fraction of sp³-hybridized carbons (Fsp3) is 0.213. The zero-order chi connectivity index (χ0) is 47.4. The maximum Gasteiger partial charge on any atom is 0.184 e. The van der Waals surface area contributed by atoms with Crippen LogP contribution in [0.4, 0.5) is 22.7 Å². The predicted molar refractivity (Wildman–Crippen MR) is 275 cm³/mol. The van der Waals surface area contributed by atoms with Crippen molar-refractivity contribution in [2.75, 3.05) is 6.67 Å². The number of ether oxygens (including phenoxy) is 1. The van der Waals surface area contributed by atoms with Crippen molar-refractivity contribution in [1.82, 2.24) is 18.5 Å². The summed E-state index contributed by atoms with van der Waals surface area (Å²) >= 11 is 0. The largest absolute Gasteiger partial charge is 0.509 e. The monoisotopic (exact) mass is 1060 g/mol. The van der Waals surface area contributed by atoms with E-state index in [0.717, 1.165) is 78.2 Å². The van der Waals surface area contributed by atoms with Gasteiger partial charge in [-0.1, -0.05) is 164 Å². The smallest absolute Gasteiger partial charge is 0.184 e. The third-order valence-corrected chi connectivity index (χ3v) is 13.5. The molecule has 0 radical (unpaired) electrons. The molecule has 5 heterocycles. The molecule has 0 amide bonds. The quantitative estimate of drug-likeness (QED) is 0.106. The number of para-hydroxylation sites is 3. The van der Waals surface area contributed by atoms with E-state index in [1.54, 1.807) is 0 Å². The second kappa shape index (κ2) is 16.6. The van der Waals surface area contributed by atoms with Gasteiger partial charge >= 0.3 is 0 Å². The fourth-order valence-corrected chi connectivity index (χ4v) is 10.3. The summed E-state index contributed by atoms with van der Waals surface area (Å²) in [6.45, 7) is 20.4. The summed E-state index contributed by atoms with van der Waals surface area (Å²) in [5, 5.41) is 2.20. The van der Waals surface area contributed by atoms with Crippen LogP contribution in [-0.4, -0.2) is 16.2 Å². The number of benzene rings is 7. The summed E-state index contributed by atoms with van der Waals surface area (Å²) in [5.41, 5.74) is 13.3. The van der Waals surface area contributed by atoms with Crippen LogP contribution in [0.25, 0.3) is 49.9 Å². The number of nitrogens with zero attached hydrogens (tertiary/aromatic N) is 4. The number of hydrogen-bond acceptors (Lipinski definition) is 2. The van der Waals surface area contributed by atoms with Gasteiger partial charge in [0.05, 0.1) is 6.67 Å². The normalized spacial score (nSPS) is 18.3. The van der Waals surface area contributed by atoms with E-state index < -0.39 is 6.37 Å². The van der Waals surface area contributed by atoms with Gasteiger partial charge in [-0.3, -0.25) is 4.48 Å². The van der Waals surface area contributed by atoms with Crippen LogP contribution in [0.1, 0.15) is 74.8 Å². The molecule has 9 aromatic rings. The summed E-state index contributed by atoms with van der Waals surface area (Å²) in [5.74, 6) is 1.75. The van der Waals surface area contributed by atoms with E-state index in [1.165, 1.54) is 5.56 Å². The first-order valence-electron chi connectivity index (χ1n) is 24.2. The van der Waals surface area contributed by atoms with Gasteiger partial charge < -0.3 is 13.8 Å². The van der Waals surface area contributed by atoms with E-state index in [1.807, 2.05) is 38.2 Å². The maximum atomic E-state index is 9.73. The Hall–Kier alpha value is -6.10. The maximum absolute atomic E-state index is 9.73. The summed E-state index contributed by atoms with van der Waals surface area (Å²) in [7, 11) is 0. The van der Waals surface area contributed by atoms with Gasteiger partial charge in [-0.05, 0) is 75.5 Å². The summed E-state index contributed by atoms with van der Waals surface area (Å²) in [6.07, 6.45) is 0.283. The second-order valence-corrected chi connectivity index (χ2v) is 20.5. The van der Waals surface area contributed by atoms with E-state index in [0.29, 0.717) is 32.7 Å². The SMILES string of the molecule is [2H]C([2H])(c1cccc2c1[N@@+]1(c3c(-c4ccccc4)cccc3-c3ccccc3)[CH-][N@+]2(c2[c-]c(Oc3[c-]c4c(cc3)c3ccccc3n4-c3cc(C(C)(C)C)ccn3)cc(C(C)(C)C)c2)C1)C(C)C.[Pt]. The molecule has 2 atom stereocenters. The van der Waals surface area contributed by atoms with Crippen LogP contribution in [0, 0.1) is 24.7 Å². The molecule has 12 rings (SSSR count). The van der Waals surface area contributed by atoms with Gasteiger partial charge in [-0.15, -0.1) is 35.2 Å². The van der Waals surface area contributed by atoms with Crippen LogP contribution in [0.15, 0.2) is 164 Å². The molecule has 0 saturated carbocycles. The van der Waals surface area contributed by atoms with Crippen molar-refractivity contribution in [2.24, 2.45) is 5.92 Å². The van der Waals surface area contributed by atoms with Gasteiger partial charge in [0.15, 0.2) is 18.0 Å². The van der Waals surface area contributed by atoms with Crippen molar-refractivity contribution < 1.29 is 28.5 Å². The average molecular weight is 1060 g/mol. The van der Waals surface area contributed by atoms with E-state index >= 15 is 0 Å². The zero-order valence-electron chi connectivity index (χ0n) is 41.5. The Morgan fingerprint density at radius 3 is 1.96 bits per heavy atom. The third kappa shape index (κ3) is 7.47. The minimum absolute atomic E-state index is 0. The van der Waals surface area contributed by atoms with Crippen LogP contribution >= 0.6 is 0 Å². The van der Waals surface area contributed by atoms with E-state index in [2.05, 4.69) is 204 Å². The second-order valence-electron chi connectivity index (χ2n) is 20.5. The number of fused-ring (bicyclic) bond motifs is 3. The molecule has 0 aliphatic carbocycles. The van der Waals surface area contributed by atoms with Gasteiger partial charge in [0.1, 0.15) is 11.5 Å². The first-order valence-corrected chi connectivity index (χ1v) is 23.2. The van der Waals surface area contributed by atoms with Crippen LogP contribution in [0.5, 0.6) is 11.5 Å². The fourth-order valence-electron chi connectivity index (χ4n) is 10.3. The molecule has 5 nitrogen and oxygen atoms in total. The third-order valence-electron chi connectivity index (χ3n) is 13.5. The number of quaternary nitrogens is 2. The minimum atomic E-state index is -1.62. The average Bonchev–Trinajstić information content (AvgIpc) is 3.92. The van der Waals surface area contributed by atoms with E-state index in [4.69, 9.17) is 9.72 Å². The molecule has 338 valence electrons. The van der Waals surface area contributed by atoms with Gasteiger partial charge in [0.25, 0.3) is 0 Å². The van der Waals surface area contributed by atoms with Crippen molar-refractivity contribution in [3.8, 4) is 39.6 Å².